The second-order valence-electron chi connectivity index (χ2n) is 3.64. The van der Waals surface area contributed by atoms with E-state index >= 15 is 0 Å². The summed E-state index contributed by atoms with van der Waals surface area (Å²) < 4.78 is 7.35. The van der Waals surface area contributed by atoms with Crippen LogP contribution in [0.5, 0.6) is 0 Å². The minimum Gasteiger partial charge on any atom is -0.374 e. The summed E-state index contributed by atoms with van der Waals surface area (Å²) in [6.45, 7) is 1.90. The number of thiophene rings is 1. The van der Waals surface area contributed by atoms with E-state index < -0.39 is 0 Å². The van der Waals surface area contributed by atoms with Crippen LogP contribution in [0.3, 0.4) is 0 Å². The van der Waals surface area contributed by atoms with E-state index in [2.05, 4.69) is 47.8 Å². The molecule has 2 heterocycles. The molecule has 0 N–H and O–H groups in total. The summed E-state index contributed by atoms with van der Waals surface area (Å²) in [4.78, 5) is 14.1. The molecule has 0 aliphatic carbocycles. The molecule has 1 aromatic rings. The van der Waals surface area contributed by atoms with Crippen LogP contribution in [0.1, 0.15) is 10.4 Å². The summed E-state index contributed by atoms with van der Waals surface area (Å²) in [6, 6.07) is 1.86. The fourth-order valence-electron chi connectivity index (χ4n) is 1.65. The van der Waals surface area contributed by atoms with Crippen LogP contribution < -0.4 is 0 Å². The van der Waals surface area contributed by atoms with E-state index in [0.29, 0.717) is 19.7 Å². The van der Waals surface area contributed by atoms with E-state index in [-0.39, 0.29) is 12.0 Å². The average molecular weight is 448 g/mol. The molecule has 1 aliphatic rings. The number of halogens is 3. The molecule has 1 unspecified atom stereocenters. The maximum atomic E-state index is 12.3. The zero-order chi connectivity index (χ0) is 12.4. The van der Waals surface area contributed by atoms with Gasteiger partial charge in [0.25, 0.3) is 5.91 Å². The third-order valence-corrected chi connectivity index (χ3v) is 5.55. The number of carbonyl (C=O) groups is 1. The zero-order valence-electron chi connectivity index (χ0n) is 8.79. The highest BCUT2D eigenvalue weighted by molar-refractivity contribution is 9.12. The van der Waals surface area contributed by atoms with Crippen LogP contribution in [-0.4, -0.2) is 41.9 Å². The van der Waals surface area contributed by atoms with E-state index in [0.717, 1.165) is 18.5 Å². The molecule has 0 aromatic carbocycles. The minimum absolute atomic E-state index is 0.0630. The Morgan fingerprint density at radius 1 is 1.59 bits per heavy atom. The number of rotatable bonds is 2. The third-order valence-electron chi connectivity index (χ3n) is 2.49. The Morgan fingerprint density at radius 2 is 2.35 bits per heavy atom. The Kier molecular flexibility index (Phi) is 5.06. The van der Waals surface area contributed by atoms with Crippen molar-refractivity contribution >= 4 is 65.0 Å². The number of hydrogen-bond acceptors (Lipinski definition) is 3. The predicted octanol–water partition coefficient (Wildman–Crippen LogP) is 3.51. The molecule has 1 aliphatic heterocycles. The van der Waals surface area contributed by atoms with Crippen molar-refractivity contribution in [3.8, 4) is 0 Å². The largest absolute Gasteiger partial charge is 0.374 e. The van der Waals surface area contributed by atoms with Crippen LogP contribution in [-0.2, 0) is 4.74 Å². The van der Waals surface area contributed by atoms with Gasteiger partial charge < -0.3 is 9.64 Å². The SMILES string of the molecule is O=C(c1cc(Br)sc1Br)N1CCOC(CBr)C1. The molecule has 7 heteroatoms. The van der Waals surface area contributed by atoms with Crippen LogP contribution in [0, 0.1) is 0 Å². The van der Waals surface area contributed by atoms with Gasteiger partial charge in [0.15, 0.2) is 0 Å². The van der Waals surface area contributed by atoms with Crippen molar-refractivity contribution in [1.82, 2.24) is 4.90 Å². The molecule has 2 rings (SSSR count). The predicted molar refractivity (Wildman–Crippen MR) is 79.2 cm³/mol. The summed E-state index contributed by atoms with van der Waals surface area (Å²) >= 11 is 11.7. The molecular formula is C10H10Br3NO2S. The normalized spacial score (nSPS) is 20.6. The molecule has 0 radical (unpaired) electrons. The van der Waals surface area contributed by atoms with Gasteiger partial charge in [0, 0.05) is 18.4 Å². The third kappa shape index (κ3) is 3.32. The molecule has 3 nitrogen and oxygen atoms in total. The number of morpholine rings is 1. The van der Waals surface area contributed by atoms with E-state index in [9.17, 15) is 4.79 Å². The molecule has 1 atom stereocenters. The lowest BCUT2D eigenvalue weighted by molar-refractivity contribution is -0.00966. The number of hydrogen-bond donors (Lipinski definition) is 0. The second-order valence-corrected chi connectivity index (χ2v) is 8.03. The number of nitrogens with zero attached hydrogens (tertiary/aromatic N) is 1. The zero-order valence-corrected chi connectivity index (χ0v) is 14.4. The first-order chi connectivity index (χ1) is 8.11. The fourth-order valence-corrected chi connectivity index (χ4v) is 4.82. The lowest BCUT2D eigenvalue weighted by Crippen LogP contribution is -2.46. The molecule has 1 saturated heterocycles. The molecule has 0 saturated carbocycles. The molecule has 94 valence electrons. The Morgan fingerprint density at radius 3 is 2.94 bits per heavy atom. The van der Waals surface area contributed by atoms with Gasteiger partial charge in [-0.3, -0.25) is 4.79 Å². The summed E-state index contributed by atoms with van der Waals surface area (Å²) in [7, 11) is 0. The smallest absolute Gasteiger partial charge is 0.256 e. The van der Waals surface area contributed by atoms with Crippen LogP contribution in [0.15, 0.2) is 13.6 Å². The summed E-state index contributed by atoms with van der Waals surface area (Å²) in [5.74, 6) is 0.0630. The van der Waals surface area contributed by atoms with Crippen molar-refractivity contribution in [2.75, 3.05) is 25.0 Å². The summed E-state index contributed by atoms with van der Waals surface area (Å²) in [5, 5.41) is 0.755. The summed E-state index contributed by atoms with van der Waals surface area (Å²) in [5.41, 5.74) is 0.720. The first-order valence-electron chi connectivity index (χ1n) is 5.03. The monoisotopic (exact) mass is 445 g/mol. The number of amides is 1. The summed E-state index contributed by atoms with van der Waals surface area (Å²) in [6.07, 6.45) is 0.0913. The van der Waals surface area contributed by atoms with Crippen molar-refractivity contribution < 1.29 is 9.53 Å². The van der Waals surface area contributed by atoms with Gasteiger partial charge >= 0.3 is 0 Å². The van der Waals surface area contributed by atoms with Crippen molar-refractivity contribution in [2.24, 2.45) is 0 Å². The number of ether oxygens (including phenoxy) is 1. The molecule has 1 fully saturated rings. The van der Waals surface area contributed by atoms with Gasteiger partial charge in [0.05, 0.1) is 25.8 Å². The van der Waals surface area contributed by atoms with Gasteiger partial charge in [-0.25, -0.2) is 0 Å². The van der Waals surface area contributed by atoms with Crippen molar-refractivity contribution in [3.63, 3.8) is 0 Å². The Bertz CT molecular complexity index is 424. The molecule has 1 aromatic heterocycles. The van der Waals surface area contributed by atoms with Crippen LogP contribution in [0.4, 0.5) is 0 Å². The minimum atomic E-state index is 0.0630. The van der Waals surface area contributed by atoms with Gasteiger partial charge in [-0.05, 0) is 37.9 Å². The van der Waals surface area contributed by atoms with Gasteiger partial charge in [-0.1, -0.05) is 15.9 Å². The molecule has 1 amide bonds. The lowest BCUT2D eigenvalue weighted by atomic mass is 10.2. The number of carbonyl (C=O) groups excluding carboxylic acids is 1. The van der Waals surface area contributed by atoms with Gasteiger partial charge in [-0.2, -0.15) is 0 Å². The highest BCUT2D eigenvalue weighted by atomic mass is 79.9. The highest BCUT2D eigenvalue weighted by Crippen LogP contribution is 2.32. The quantitative estimate of drug-likeness (QED) is 0.649. The maximum absolute atomic E-state index is 12.3. The van der Waals surface area contributed by atoms with Crippen LogP contribution >= 0.6 is 59.1 Å². The lowest BCUT2D eigenvalue weighted by Gasteiger charge is -2.32. The molecule has 0 bridgehead atoms. The fraction of sp³-hybridized carbons (Fsp3) is 0.500. The Balaban J connectivity index is 2.12. The average Bonchev–Trinajstić information content (AvgIpc) is 2.67. The van der Waals surface area contributed by atoms with E-state index in [1.54, 1.807) is 0 Å². The number of alkyl halides is 1. The first-order valence-corrected chi connectivity index (χ1v) is 8.56. The Labute approximate surface area is 129 Å². The molecule has 0 spiro atoms. The molecule has 17 heavy (non-hydrogen) atoms. The first kappa shape index (κ1) is 14.0. The van der Waals surface area contributed by atoms with Crippen molar-refractivity contribution in [3.05, 3.63) is 19.2 Å². The second kappa shape index (κ2) is 6.14. The molecular weight excluding hydrogens is 438 g/mol. The highest BCUT2D eigenvalue weighted by Gasteiger charge is 2.26. The van der Waals surface area contributed by atoms with Crippen molar-refractivity contribution in [1.29, 1.82) is 0 Å². The topological polar surface area (TPSA) is 29.5 Å². The standard InChI is InChI=1S/C10H10Br3NO2S/c11-4-6-5-14(1-2-16-6)10(15)7-3-8(12)17-9(7)13/h3,6H,1-2,4-5H2. The van der Waals surface area contributed by atoms with Gasteiger partial charge in [0.2, 0.25) is 0 Å². The van der Waals surface area contributed by atoms with Crippen molar-refractivity contribution in [2.45, 2.75) is 6.10 Å². The Hall–Kier alpha value is 0.570. The van der Waals surface area contributed by atoms with E-state index in [4.69, 9.17) is 4.74 Å². The van der Waals surface area contributed by atoms with Gasteiger partial charge in [0.1, 0.15) is 0 Å². The van der Waals surface area contributed by atoms with Gasteiger partial charge in [-0.15, -0.1) is 11.3 Å². The van der Waals surface area contributed by atoms with Crippen LogP contribution in [0.2, 0.25) is 0 Å². The maximum Gasteiger partial charge on any atom is 0.256 e. The van der Waals surface area contributed by atoms with Crippen LogP contribution in [0.25, 0.3) is 0 Å². The van der Waals surface area contributed by atoms with E-state index in [1.807, 2.05) is 11.0 Å². The van der Waals surface area contributed by atoms with E-state index in [1.165, 1.54) is 11.3 Å².